The van der Waals surface area contributed by atoms with Crippen LogP contribution in [0, 0.1) is 6.92 Å². The number of hydrogen-bond donors (Lipinski definition) is 1. The zero-order chi connectivity index (χ0) is 14.9. The van der Waals surface area contributed by atoms with Crippen molar-refractivity contribution in [1.29, 1.82) is 0 Å². The van der Waals surface area contributed by atoms with Crippen molar-refractivity contribution >= 4 is 0 Å². The summed E-state index contributed by atoms with van der Waals surface area (Å²) in [6.45, 7) is 0.486. The Labute approximate surface area is 115 Å². The fourth-order valence-corrected chi connectivity index (χ4v) is 2.76. The van der Waals surface area contributed by atoms with E-state index in [1.54, 1.807) is 14.0 Å². The molecular weight excluding hydrogens is 273 g/mol. The van der Waals surface area contributed by atoms with E-state index in [9.17, 15) is 13.2 Å². The number of ether oxygens (including phenoxy) is 1. The molecule has 3 atom stereocenters. The topological polar surface area (TPSA) is 66.0 Å². The molecule has 1 aliphatic rings. The lowest BCUT2D eigenvalue weighted by Crippen LogP contribution is -2.41. The van der Waals surface area contributed by atoms with E-state index in [-0.39, 0.29) is 18.1 Å². The Bertz CT molecular complexity index is 460. The van der Waals surface area contributed by atoms with Gasteiger partial charge in [0.15, 0.2) is 0 Å². The first-order valence-electron chi connectivity index (χ1n) is 6.56. The van der Waals surface area contributed by atoms with Gasteiger partial charge in [0, 0.05) is 19.1 Å². The molecule has 0 bridgehead atoms. The summed E-state index contributed by atoms with van der Waals surface area (Å²) in [6.07, 6.45) is -2.34. The van der Waals surface area contributed by atoms with Crippen molar-refractivity contribution in [1.82, 2.24) is 14.8 Å². The number of nitrogens with two attached hydrogens (primary N) is 1. The van der Waals surface area contributed by atoms with Gasteiger partial charge in [0.25, 0.3) is 0 Å². The molecule has 0 aromatic carbocycles. The van der Waals surface area contributed by atoms with Gasteiger partial charge in [-0.05, 0) is 26.2 Å². The largest absolute Gasteiger partial charge is 0.408 e. The number of alkyl halides is 3. The molecule has 0 unspecified atom stereocenters. The minimum atomic E-state index is -4.30. The first-order valence-corrected chi connectivity index (χ1v) is 6.56. The Morgan fingerprint density at radius 1 is 1.40 bits per heavy atom. The van der Waals surface area contributed by atoms with Gasteiger partial charge in [-0.15, -0.1) is 0 Å². The lowest BCUT2D eigenvalue weighted by Gasteiger charge is -2.32. The van der Waals surface area contributed by atoms with E-state index in [1.807, 2.05) is 0 Å². The highest BCUT2D eigenvalue weighted by molar-refractivity contribution is 5.04. The number of nitrogens with zero attached hydrogens (tertiary/aromatic N) is 3. The van der Waals surface area contributed by atoms with Crippen LogP contribution < -0.4 is 5.73 Å². The van der Waals surface area contributed by atoms with Crippen LogP contribution in [0.25, 0.3) is 0 Å². The molecule has 0 amide bonds. The molecular formula is C12H19F3N4O. The van der Waals surface area contributed by atoms with Crippen LogP contribution in [-0.4, -0.2) is 40.2 Å². The third kappa shape index (κ3) is 3.49. The van der Waals surface area contributed by atoms with E-state index < -0.39 is 12.7 Å². The molecule has 2 rings (SSSR count). The fraction of sp³-hybridized carbons (Fsp3) is 0.833. The molecule has 20 heavy (non-hydrogen) atoms. The average molecular weight is 292 g/mol. The van der Waals surface area contributed by atoms with Crippen molar-refractivity contribution in [3.63, 3.8) is 0 Å². The van der Waals surface area contributed by atoms with E-state index in [1.165, 1.54) is 0 Å². The zero-order valence-electron chi connectivity index (χ0n) is 11.5. The normalized spacial score (nSPS) is 27.8. The quantitative estimate of drug-likeness (QED) is 0.922. The van der Waals surface area contributed by atoms with E-state index in [0.717, 1.165) is 11.1 Å². The highest BCUT2D eigenvalue weighted by Crippen LogP contribution is 2.33. The maximum atomic E-state index is 12.6. The summed E-state index contributed by atoms with van der Waals surface area (Å²) >= 11 is 0. The highest BCUT2D eigenvalue weighted by Gasteiger charge is 2.35. The highest BCUT2D eigenvalue weighted by atomic mass is 19.4. The van der Waals surface area contributed by atoms with E-state index in [0.29, 0.717) is 24.5 Å². The van der Waals surface area contributed by atoms with Crippen molar-refractivity contribution in [2.75, 3.05) is 7.11 Å². The monoisotopic (exact) mass is 292 g/mol. The third-order valence-corrected chi connectivity index (χ3v) is 3.64. The predicted octanol–water partition coefficient (Wildman–Crippen LogP) is 1.76. The Kier molecular flexibility index (Phi) is 4.33. The molecule has 0 aliphatic heterocycles. The maximum Gasteiger partial charge on any atom is 0.408 e. The summed E-state index contributed by atoms with van der Waals surface area (Å²) in [6, 6.07) is -0.185. The molecule has 114 valence electrons. The smallest absolute Gasteiger partial charge is 0.380 e. The number of halogens is 3. The lowest BCUT2D eigenvalue weighted by molar-refractivity contribution is -0.143. The van der Waals surface area contributed by atoms with Gasteiger partial charge >= 0.3 is 6.18 Å². The first-order chi connectivity index (χ1) is 9.30. The lowest BCUT2D eigenvalue weighted by atomic mass is 9.83. The second-order valence-corrected chi connectivity index (χ2v) is 5.24. The van der Waals surface area contributed by atoms with Crippen LogP contribution in [0.15, 0.2) is 0 Å². The number of hydrogen-bond acceptors (Lipinski definition) is 4. The molecule has 1 fully saturated rings. The minimum absolute atomic E-state index is 0.0358. The Morgan fingerprint density at radius 2 is 2.10 bits per heavy atom. The van der Waals surface area contributed by atoms with Gasteiger partial charge in [-0.2, -0.15) is 18.3 Å². The summed E-state index contributed by atoms with van der Waals surface area (Å²) in [5.41, 5.74) is 6.00. The first kappa shape index (κ1) is 15.2. The Hall–Kier alpha value is -1.15. The second kappa shape index (κ2) is 5.69. The summed E-state index contributed by atoms with van der Waals surface area (Å²) in [7, 11) is 1.60. The molecule has 2 N–H and O–H groups in total. The van der Waals surface area contributed by atoms with Gasteiger partial charge in [0.2, 0.25) is 0 Å². The van der Waals surface area contributed by atoms with Crippen molar-refractivity contribution in [2.24, 2.45) is 5.73 Å². The summed E-state index contributed by atoms with van der Waals surface area (Å²) < 4.78 is 43.9. The fourth-order valence-electron chi connectivity index (χ4n) is 2.76. The molecule has 1 aromatic heterocycles. The second-order valence-electron chi connectivity index (χ2n) is 5.24. The number of methoxy groups -OCH3 is 1. The summed E-state index contributed by atoms with van der Waals surface area (Å²) in [4.78, 5) is 4.16. The van der Waals surface area contributed by atoms with Crippen LogP contribution in [-0.2, 0) is 11.3 Å². The number of aromatic nitrogens is 3. The van der Waals surface area contributed by atoms with Gasteiger partial charge in [0.05, 0.1) is 6.10 Å². The predicted molar refractivity (Wildman–Crippen MR) is 66.2 cm³/mol. The minimum Gasteiger partial charge on any atom is -0.380 e. The Balaban J connectivity index is 2.17. The van der Waals surface area contributed by atoms with Crippen LogP contribution in [0.5, 0.6) is 0 Å². The molecule has 0 radical (unpaired) electrons. The molecule has 1 saturated carbocycles. The molecule has 0 spiro atoms. The standard InChI is InChI=1S/C12H19F3N4O/c1-7-17-11(19(18-7)6-12(13,14)15)8-3-4-10(20-2)9(16)5-8/h8-10H,3-6,16H2,1-2H3/t8-,9+,10+/m0/s1. The molecule has 5 nitrogen and oxygen atoms in total. The van der Waals surface area contributed by atoms with Gasteiger partial charge in [-0.3, -0.25) is 0 Å². The van der Waals surface area contributed by atoms with E-state index in [2.05, 4.69) is 10.1 Å². The number of aryl methyl sites for hydroxylation is 1. The molecule has 1 heterocycles. The van der Waals surface area contributed by atoms with Crippen LogP contribution in [0.2, 0.25) is 0 Å². The third-order valence-electron chi connectivity index (χ3n) is 3.64. The van der Waals surface area contributed by atoms with Crippen molar-refractivity contribution in [2.45, 2.75) is 57.0 Å². The van der Waals surface area contributed by atoms with Crippen molar-refractivity contribution < 1.29 is 17.9 Å². The van der Waals surface area contributed by atoms with Crippen LogP contribution >= 0.6 is 0 Å². The van der Waals surface area contributed by atoms with Crippen molar-refractivity contribution in [3.05, 3.63) is 11.6 Å². The summed E-state index contributed by atoms with van der Waals surface area (Å²) in [5, 5.41) is 3.85. The molecule has 1 aromatic rings. The number of rotatable bonds is 3. The SMILES string of the molecule is CO[C@@H]1CC[C@H](c2nc(C)nn2CC(F)(F)F)C[C@H]1N. The van der Waals surface area contributed by atoms with Crippen LogP contribution in [0.4, 0.5) is 13.2 Å². The van der Waals surface area contributed by atoms with Crippen LogP contribution in [0.3, 0.4) is 0 Å². The zero-order valence-corrected chi connectivity index (χ0v) is 11.5. The average Bonchev–Trinajstić information content (AvgIpc) is 2.67. The molecule has 1 aliphatic carbocycles. The molecule has 0 saturated heterocycles. The van der Waals surface area contributed by atoms with Crippen molar-refractivity contribution in [3.8, 4) is 0 Å². The van der Waals surface area contributed by atoms with Gasteiger partial charge in [0.1, 0.15) is 18.2 Å². The van der Waals surface area contributed by atoms with E-state index in [4.69, 9.17) is 10.5 Å². The van der Waals surface area contributed by atoms with Crippen LogP contribution in [0.1, 0.15) is 36.8 Å². The summed E-state index contributed by atoms with van der Waals surface area (Å²) in [5.74, 6) is 0.636. The Morgan fingerprint density at radius 3 is 2.65 bits per heavy atom. The van der Waals surface area contributed by atoms with E-state index >= 15 is 0 Å². The van der Waals surface area contributed by atoms with Gasteiger partial charge in [-0.1, -0.05) is 0 Å². The maximum absolute atomic E-state index is 12.6. The van der Waals surface area contributed by atoms with Gasteiger partial charge < -0.3 is 10.5 Å². The van der Waals surface area contributed by atoms with Gasteiger partial charge in [-0.25, -0.2) is 9.67 Å². The molecule has 8 heteroatoms.